The normalized spacial score (nSPS) is 15.8. The minimum absolute atomic E-state index is 0.136. The van der Waals surface area contributed by atoms with Crippen molar-refractivity contribution in [3.05, 3.63) is 88.9 Å². The number of piperidine rings is 1. The van der Waals surface area contributed by atoms with E-state index < -0.39 is 0 Å². The lowest BCUT2D eigenvalue weighted by atomic mass is 9.98. The molecule has 0 bridgehead atoms. The van der Waals surface area contributed by atoms with E-state index in [1.807, 2.05) is 37.1 Å². The fourth-order valence-corrected chi connectivity index (χ4v) is 5.30. The van der Waals surface area contributed by atoms with Crippen LogP contribution in [0.15, 0.2) is 65.3 Å². The van der Waals surface area contributed by atoms with Crippen molar-refractivity contribution in [1.82, 2.24) is 19.9 Å². The first-order valence-corrected chi connectivity index (χ1v) is 13.4. The fourth-order valence-electron chi connectivity index (χ4n) is 5.30. The predicted molar refractivity (Wildman–Crippen MR) is 148 cm³/mol. The quantitative estimate of drug-likeness (QED) is 0.302. The number of benzene rings is 2. The Morgan fingerprint density at radius 1 is 1.11 bits per heavy atom. The molecule has 1 saturated heterocycles. The number of amides is 1. The number of carbonyl (C=O) groups excluding carboxylic acids is 1. The average molecular weight is 513 g/mol. The maximum absolute atomic E-state index is 12.9. The van der Waals surface area contributed by atoms with Crippen molar-refractivity contribution in [3.63, 3.8) is 0 Å². The molecule has 0 spiro atoms. The van der Waals surface area contributed by atoms with Gasteiger partial charge in [0.15, 0.2) is 0 Å². The van der Waals surface area contributed by atoms with E-state index in [2.05, 4.69) is 64.6 Å². The molecule has 3 heterocycles. The van der Waals surface area contributed by atoms with Crippen LogP contribution in [-0.4, -0.2) is 52.6 Å². The third-order valence-corrected chi connectivity index (χ3v) is 7.34. The van der Waals surface area contributed by atoms with Gasteiger partial charge in [-0.3, -0.25) is 14.7 Å². The summed E-state index contributed by atoms with van der Waals surface area (Å²) in [6.07, 6.45) is 4.24. The molecule has 38 heavy (non-hydrogen) atoms. The van der Waals surface area contributed by atoms with Crippen LogP contribution in [0.3, 0.4) is 0 Å². The molecule has 7 heteroatoms. The summed E-state index contributed by atoms with van der Waals surface area (Å²) in [5.41, 5.74) is 5.22. The van der Waals surface area contributed by atoms with Crippen molar-refractivity contribution in [2.45, 2.75) is 46.2 Å². The van der Waals surface area contributed by atoms with Gasteiger partial charge in [0.2, 0.25) is 5.91 Å². The molecule has 0 unspecified atom stereocenters. The molecule has 0 radical (unpaired) electrons. The topological polar surface area (TPSA) is 71.7 Å². The number of hydrogen-bond acceptors (Lipinski definition) is 6. The van der Waals surface area contributed by atoms with Crippen LogP contribution in [0.4, 0.5) is 0 Å². The van der Waals surface area contributed by atoms with Gasteiger partial charge < -0.3 is 14.2 Å². The number of carbonyl (C=O) groups is 1. The Bertz CT molecular complexity index is 1380. The molecule has 0 saturated carbocycles. The van der Waals surface area contributed by atoms with Crippen molar-refractivity contribution in [1.29, 1.82) is 0 Å². The van der Waals surface area contributed by atoms with Crippen LogP contribution < -0.4 is 4.74 Å². The molecule has 1 amide bonds. The fraction of sp³-hybridized carbons (Fsp3) is 0.387. The van der Waals surface area contributed by atoms with E-state index in [1.165, 1.54) is 16.5 Å². The molecule has 0 N–H and O–H groups in total. The van der Waals surface area contributed by atoms with Gasteiger partial charge in [-0.2, -0.15) is 0 Å². The van der Waals surface area contributed by atoms with Gasteiger partial charge in [-0.25, -0.2) is 0 Å². The molecule has 198 valence electrons. The number of nitrogens with zero attached hydrogens (tertiary/aromatic N) is 4. The highest BCUT2D eigenvalue weighted by atomic mass is 16.5. The first kappa shape index (κ1) is 25.9. The second-order valence-electron chi connectivity index (χ2n) is 10.5. The number of ether oxygens (including phenoxy) is 1. The second kappa shape index (κ2) is 11.8. The van der Waals surface area contributed by atoms with Gasteiger partial charge in [0.25, 0.3) is 0 Å². The standard InChI is InChI=1S/C31H36N4O3/c1-22-29(23(2)38-33-22)17-31(36)35-14-6-8-26(20-35)21-37-28-10-4-7-24(16-28)18-34(3)19-25-11-12-30-27(15-25)9-5-13-32-30/h4-5,7,9-13,15-16,26H,6,8,14,17-21H2,1-3H3/t26-/m1/s1. The van der Waals surface area contributed by atoms with E-state index in [-0.39, 0.29) is 5.91 Å². The maximum atomic E-state index is 12.9. The average Bonchev–Trinajstić information content (AvgIpc) is 3.24. The van der Waals surface area contributed by atoms with Crippen molar-refractivity contribution in [2.75, 3.05) is 26.7 Å². The third-order valence-electron chi connectivity index (χ3n) is 7.34. The SMILES string of the molecule is Cc1noc(C)c1CC(=O)N1CCC[C@@H](COc2cccc(CN(C)Cc3ccc4ncccc4c3)c2)C1. The zero-order valence-corrected chi connectivity index (χ0v) is 22.5. The first-order chi connectivity index (χ1) is 18.4. The third kappa shape index (κ3) is 6.40. The number of hydrogen-bond donors (Lipinski definition) is 0. The highest BCUT2D eigenvalue weighted by molar-refractivity contribution is 5.79. The number of rotatable bonds is 9. The summed E-state index contributed by atoms with van der Waals surface area (Å²) < 4.78 is 11.4. The van der Waals surface area contributed by atoms with Gasteiger partial charge in [-0.15, -0.1) is 0 Å². The number of aryl methyl sites for hydroxylation is 2. The van der Waals surface area contributed by atoms with Crippen molar-refractivity contribution >= 4 is 16.8 Å². The zero-order chi connectivity index (χ0) is 26.5. The molecule has 1 aliphatic heterocycles. The van der Waals surface area contributed by atoms with Crippen LogP contribution in [-0.2, 0) is 24.3 Å². The lowest BCUT2D eigenvalue weighted by Gasteiger charge is -2.32. The van der Waals surface area contributed by atoms with E-state index >= 15 is 0 Å². The Kier molecular flexibility index (Phi) is 8.03. The summed E-state index contributed by atoms with van der Waals surface area (Å²) in [5, 5.41) is 5.14. The summed E-state index contributed by atoms with van der Waals surface area (Å²) >= 11 is 0. The first-order valence-electron chi connectivity index (χ1n) is 13.4. The molecule has 0 aliphatic carbocycles. The van der Waals surface area contributed by atoms with E-state index in [1.54, 1.807) is 0 Å². The molecular weight excluding hydrogens is 476 g/mol. The van der Waals surface area contributed by atoms with E-state index in [0.717, 1.165) is 67.3 Å². The van der Waals surface area contributed by atoms with Crippen molar-refractivity contribution in [3.8, 4) is 5.75 Å². The minimum Gasteiger partial charge on any atom is -0.493 e. The van der Waals surface area contributed by atoms with Crippen LogP contribution in [0, 0.1) is 19.8 Å². The monoisotopic (exact) mass is 512 g/mol. The Morgan fingerprint density at radius 3 is 2.76 bits per heavy atom. The molecule has 1 aliphatic rings. The second-order valence-corrected chi connectivity index (χ2v) is 10.5. The van der Waals surface area contributed by atoms with Crippen LogP contribution in [0.2, 0.25) is 0 Å². The minimum atomic E-state index is 0.136. The van der Waals surface area contributed by atoms with Crippen LogP contribution in [0.5, 0.6) is 5.75 Å². The number of pyridine rings is 1. The summed E-state index contributed by atoms with van der Waals surface area (Å²) in [7, 11) is 2.14. The molecule has 1 atom stereocenters. The molecular formula is C31H36N4O3. The zero-order valence-electron chi connectivity index (χ0n) is 22.5. The summed E-state index contributed by atoms with van der Waals surface area (Å²) in [5.74, 6) is 2.07. The van der Waals surface area contributed by atoms with Gasteiger partial charge in [-0.1, -0.05) is 29.4 Å². The van der Waals surface area contributed by atoms with Gasteiger partial charge in [0.1, 0.15) is 11.5 Å². The molecule has 7 nitrogen and oxygen atoms in total. The number of fused-ring (bicyclic) bond motifs is 1. The lowest BCUT2D eigenvalue weighted by molar-refractivity contribution is -0.132. The van der Waals surface area contributed by atoms with E-state index in [0.29, 0.717) is 18.9 Å². The van der Waals surface area contributed by atoms with Crippen molar-refractivity contribution < 1.29 is 14.1 Å². The lowest BCUT2D eigenvalue weighted by Crippen LogP contribution is -2.42. The molecule has 4 aromatic rings. The Hall–Kier alpha value is -3.71. The largest absolute Gasteiger partial charge is 0.493 e. The smallest absolute Gasteiger partial charge is 0.227 e. The Labute approximate surface area is 224 Å². The number of likely N-dealkylation sites (tertiary alicyclic amines) is 1. The number of aromatic nitrogens is 2. The highest BCUT2D eigenvalue weighted by Crippen LogP contribution is 2.22. The molecule has 2 aromatic heterocycles. The Morgan fingerprint density at radius 2 is 1.95 bits per heavy atom. The molecule has 5 rings (SSSR count). The molecule has 1 fully saturated rings. The van der Waals surface area contributed by atoms with E-state index in [9.17, 15) is 4.79 Å². The summed E-state index contributed by atoms with van der Waals surface area (Å²) in [4.78, 5) is 21.6. The Balaban J connectivity index is 1.12. The summed E-state index contributed by atoms with van der Waals surface area (Å²) in [6.45, 7) is 7.58. The highest BCUT2D eigenvalue weighted by Gasteiger charge is 2.25. The maximum Gasteiger partial charge on any atom is 0.227 e. The van der Waals surface area contributed by atoms with Crippen LogP contribution >= 0.6 is 0 Å². The van der Waals surface area contributed by atoms with Gasteiger partial charge in [0.05, 0.1) is 24.2 Å². The summed E-state index contributed by atoms with van der Waals surface area (Å²) in [6, 6.07) is 18.9. The van der Waals surface area contributed by atoms with Crippen LogP contribution in [0.25, 0.3) is 10.9 Å². The van der Waals surface area contributed by atoms with E-state index in [4.69, 9.17) is 9.26 Å². The molecule has 2 aromatic carbocycles. The van der Waals surface area contributed by atoms with Gasteiger partial charge in [-0.05, 0) is 75.2 Å². The van der Waals surface area contributed by atoms with Crippen LogP contribution in [0.1, 0.15) is 41.0 Å². The predicted octanol–water partition coefficient (Wildman–Crippen LogP) is 5.33. The van der Waals surface area contributed by atoms with Gasteiger partial charge in [0, 0.05) is 49.2 Å². The van der Waals surface area contributed by atoms with Crippen molar-refractivity contribution in [2.24, 2.45) is 5.92 Å². The van der Waals surface area contributed by atoms with Gasteiger partial charge >= 0.3 is 0 Å².